The van der Waals surface area contributed by atoms with Gasteiger partial charge in [-0.15, -0.1) is 0 Å². The lowest BCUT2D eigenvalue weighted by Crippen LogP contribution is -2.16. The fraction of sp³-hybridized carbons (Fsp3) is 0.0526. The Morgan fingerprint density at radius 1 is 0.864 bits per heavy atom. The van der Waals surface area contributed by atoms with Crippen LogP contribution in [0.2, 0.25) is 0 Å². The van der Waals surface area contributed by atoms with Crippen molar-refractivity contribution >= 4 is 21.7 Å². The van der Waals surface area contributed by atoms with E-state index in [1.54, 1.807) is 6.20 Å². The van der Waals surface area contributed by atoms with Gasteiger partial charge in [-0.05, 0) is 23.8 Å². The molecule has 0 amide bonds. The molecule has 0 aliphatic carbocycles. The summed E-state index contributed by atoms with van der Waals surface area (Å²) in [5.41, 5.74) is 2.37. The number of halogens is 1. The number of Topliss-reactive ketones (excluding diaryl/α,β-unsaturated/α-hetero) is 1. The number of nitrogens with zero attached hydrogens (tertiary/aromatic N) is 1. The van der Waals surface area contributed by atoms with Crippen LogP contribution in [0.1, 0.15) is 27.5 Å². The maximum absolute atomic E-state index is 13.1. The summed E-state index contributed by atoms with van der Waals surface area (Å²) in [6.45, 7) is 0. The number of pyridine rings is 1. The van der Waals surface area contributed by atoms with Gasteiger partial charge in [0.05, 0.1) is 11.6 Å². The molecule has 2 aromatic carbocycles. The van der Waals surface area contributed by atoms with E-state index in [9.17, 15) is 4.79 Å². The Kier molecular flexibility index (Phi) is 4.45. The summed E-state index contributed by atoms with van der Waals surface area (Å²) in [6.07, 6.45) is 1.72. The predicted molar refractivity (Wildman–Crippen MR) is 91.0 cm³/mol. The highest BCUT2D eigenvalue weighted by atomic mass is 79.9. The number of carbonyl (C=O) groups excluding carboxylic acids is 1. The third-order valence-corrected chi connectivity index (χ3v) is 4.21. The van der Waals surface area contributed by atoms with Gasteiger partial charge >= 0.3 is 0 Å². The highest BCUT2D eigenvalue weighted by Crippen LogP contribution is 2.29. The highest BCUT2D eigenvalue weighted by Gasteiger charge is 2.26. The van der Waals surface area contributed by atoms with Crippen molar-refractivity contribution in [2.24, 2.45) is 0 Å². The Labute approximate surface area is 138 Å². The van der Waals surface area contributed by atoms with E-state index in [2.05, 4.69) is 20.9 Å². The molecular weight excluding hydrogens is 338 g/mol. The summed E-state index contributed by atoms with van der Waals surface area (Å²) >= 11 is 3.47. The van der Waals surface area contributed by atoms with Gasteiger partial charge in [-0.25, -0.2) is 0 Å². The van der Waals surface area contributed by atoms with E-state index in [-0.39, 0.29) is 5.78 Å². The van der Waals surface area contributed by atoms with Crippen LogP contribution in [0, 0.1) is 0 Å². The van der Waals surface area contributed by atoms with Crippen LogP contribution in [0.3, 0.4) is 0 Å². The van der Waals surface area contributed by atoms with Crippen molar-refractivity contribution in [1.29, 1.82) is 0 Å². The topological polar surface area (TPSA) is 30.0 Å². The molecule has 0 N–H and O–H groups in total. The number of rotatable bonds is 4. The Bertz CT molecular complexity index is 732. The lowest BCUT2D eigenvalue weighted by atomic mass is 9.87. The zero-order valence-corrected chi connectivity index (χ0v) is 13.4. The van der Waals surface area contributed by atoms with Gasteiger partial charge < -0.3 is 0 Å². The van der Waals surface area contributed by atoms with Crippen LogP contribution in [0.4, 0.5) is 0 Å². The fourth-order valence-electron chi connectivity index (χ4n) is 2.47. The van der Waals surface area contributed by atoms with Crippen molar-refractivity contribution in [2.45, 2.75) is 5.92 Å². The molecule has 0 bridgehead atoms. The lowest BCUT2D eigenvalue weighted by molar-refractivity contribution is 0.0972. The molecule has 3 aromatic rings. The average molecular weight is 352 g/mol. The molecule has 22 heavy (non-hydrogen) atoms. The molecule has 0 fully saturated rings. The largest absolute Gasteiger partial charge is 0.293 e. The van der Waals surface area contributed by atoms with Gasteiger partial charge in [0.15, 0.2) is 5.78 Å². The van der Waals surface area contributed by atoms with Gasteiger partial charge in [-0.3, -0.25) is 9.78 Å². The molecule has 0 saturated heterocycles. The number of hydrogen-bond acceptors (Lipinski definition) is 2. The molecular formula is C19H14BrNO. The van der Waals surface area contributed by atoms with Crippen molar-refractivity contribution in [2.75, 3.05) is 0 Å². The summed E-state index contributed by atoms with van der Waals surface area (Å²) in [6, 6.07) is 22.9. The maximum Gasteiger partial charge on any atom is 0.177 e. The normalized spacial score (nSPS) is 11.9. The van der Waals surface area contributed by atoms with Gasteiger partial charge in [0.2, 0.25) is 0 Å². The van der Waals surface area contributed by atoms with Gasteiger partial charge in [0, 0.05) is 16.2 Å². The quantitative estimate of drug-likeness (QED) is 0.628. The van der Waals surface area contributed by atoms with Crippen LogP contribution in [-0.2, 0) is 0 Å². The first kappa shape index (κ1) is 14.7. The molecule has 108 valence electrons. The van der Waals surface area contributed by atoms with Crippen molar-refractivity contribution in [3.05, 3.63) is 100 Å². The first-order valence-electron chi connectivity index (χ1n) is 7.02. The van der Waals surface area contributed by atoms with Crippen LogP contribution < -0.4 is 0 Å². The minimum absolute atomic E-state index is 0.0392. The van der Waals surface area contributed by atoms with Crippen molar-refractivity contribution in [3.8, 4) is 0 Å². The summed E-state index contributed by atoms with van der Waals surface area (Å²) < 4.78 is 0.803. The van der Waals surface area contributed by atoms with Crippen molar-refractivity contribution in [1.82, 2.24) is 4.98 Å². The molecule has 1 aromatic heterocycles. The smallest absolute Gasteiger partial charge is 0.177 e. The van der Waals surface area contributed by atoms with E-state index in [1.807, 2.05) is 72.8 Å². The molecule has 0 aliphatic rings. The minimum atomic E-state index is -0.402. The highest BCUT2D eigenvalue weighted by molar-refractivity contribution is 9.10. The second kappa shape index (κ2) is 6.67. The number of benzene rings is 2. The second-order valence-corrected chi connectivity index (χ2v) is 5.80. The maximum atomic E-state index is 13.1. The molecule has 2 nitrogen and oxygen atoms in total. The van der Waals surface area contributed by atoms with E-state index in [0.29, 0.717) is 5.56 Å². The molecule has 3 rings (SSSR count). The summed E-state index contributed by atoms with van der Waals surface area (Å²) in [7, 11) is 0. The van der Waals surface area contributed by atoms with Crippen LogP contribution in [0.15, 0.2) is 83.5 Å². The zero-order valence-electron chi connectivity index (χ0n) is 11.8. The van der Waals surface area contributed by atoms with E-state index >= 15 is 0 Å². The average Bonchev–Trinajstić information content (AvgIpc) is 2.57. The lowest BCUT2D eigenvalue weighted by Gasteiger charge is -2.16. The Morgan fingerprint density at radius 2 is 1.55 bits per heavy atom. The number of ketones is 1. The predicted octanol–water partition coefficient (Wildman–Crippen LogP) is 4.86. The SMILES string of the molecule is O=C(c1ccccc1Br)[C@H](c1ccccc1)c1ccccn1. The van der Waals surface area contributed by atoms with Gasteiger partial charge in [0.25, 0.3) is 0 Å². The van der Waals surface area contributed by atoms with Crippen LogP contribution >= 0.6 is 15.9 Å². The molecule has 0 aliphatic heterocycles. The van der Waals surface area contributed by atoms with Gasteiger partial charge in [-0.1, -0.05) is 70.5 Å². The van der Waals surface area contributed by atoms with Crippen molar-refractivity contribution in [3.63, 3.8) is 0 Å². The number of carbonyl (C=O) groups is 1. The number of hydrogen-bond donors (Lipinski definition) is 0. The van der Waals surface area contributed by atoms with Crippen LogP contribution in [0.5, 0.6) is 0 Å². The molecule has 0 radical (unpaired) electrons. The van der Waals surface area contributed by atoms with Crippen LogP contribution in [0.25, 0.3) is 0 Å². The van der Waals surface area contributed by atoms with E-state index in [4.69, 9.17) is 0 Å². The molecule has 0 saturated carbocycles. The Balaban J connectivity index is 2.11. The van der Waals surface area contributed by atoms with E-state index in [1.165, 1.54) is 0 Å². The second-order valence-electron chi connectivity index (χ2n) is 4.94. The molecule has 1 atom stereocenters. The van der Waals surface area contributed by atoms with Crippen LogP contribution in [-0.4, -0.2) is 10.8 Å². The van der Waals surface area contributed by atoms with E-state index in [0.717, 1.165) is 15.7 Å². The fourth-order valence-corrected chi connectivity index (χ4v) is 2.95. The first-order chi connectivity index (χ1) is 10.8. The third kappa shape index (κ3) is 3.00. The summed E-state index contributed by atoms with van der Waals surface area (Å²) in [4.78, 5) is 17.5. The van der Waals surface area contributed by atoms with Crippen molar-refractivity contribution < 1.29 is 4.79 Å². The van der Waals surface area contributed by atoms with Gasteiger partial charge in [-0.2, -0.15) is 0 Å². The molecule has 3 heteroatoms. The number of aromatic nitrogens is 1. The Hall–Kier alpha value is -2.26. The third-order valence-electron chi connectivity index (χ3n) is 3.52. The van der Waals surface area contributed by atoms with Gasteiger partial charge in [0.1, 0.15) is 0 Å². The molecule has 1 heterocycles. The molecule has 0 spiro atoms. The Morgan fingerprint density at radius 3 is 2.23 bits per heavy atom. The molecule has 0 unspecified atom stereocenters. The van der Waals surface area contributed by atoms with E-state index < -0.39 is 5.92 Å². The summed E-state index contributed by atoms with van der Waals surface area (Å²) in [5.74, 6) is -0.363. The first-order valence-corrected chi connectivity index (χ1v) is 7.81. The summed E-state index contributed by atoms with van der Waals surface area (Å²) in [5, 5.41) is 0. The monoisotopic (exact) mass is 351 g/mol. The minimum Gasteiger partial charge on any atom is -0.293 e. The standard InChI is InChI=1S/C19H14BrNO/c20-16-11-5-4-10-15(16)19(22)18(14-8-2-1-3-9-14)17-12-6-7-13-21-17/h1-13,18H/t18-/m1/s1. The zero-order chi connectivity index (χ0) is 15.4.